The molecule has 0 bridgehead atoms. The minimum atomic E-state index is -4.33. The van der Waals surface area contributed by atoms with E-state index in [4.69, 9.17) is 35.1 Å². The molecule has 0 saturated carbocycles. The van der Waals surface area contributed by atoms with E-state index in [0.717, 1.165) is 6.33 Å². The van der Waals surface area contributed by atoms with E-state index in [2.05, 4.69) is 15.2 Å². The molecule has 1 aromatic carbocycles. The van der Waals surface area contributed by atoms with Gasteiger partial charge in [0.1, 0.15) is 35.8 Å². The van der Waals surface area contributed by atoms with Crippen molar-refractivity contribution in [3.8, 4) is 11.8 Å². The summed E-state index contributed by atoms with van der Waals surface area (Å²) in [5.74, 6) is -0.541. The number of nitriles is 1. The first-order chi connectivity index (χ1) is 20.0. The zero-order valence-electron chi connectivity index (χ0n) is 23.1. The molecule has 0 spiro atoms. The fraction of sp³-hybridized carbons (Fsp3) is 0.400. The molecule has 16 heteroatoms. The number of hydrogen-bond donors (Lipinski definition) is 2. The van der Waals surface area contributed by atoms with Gasteiger partial charge in [0.05, 0.1) is 19.8 Å². The summed E-state index contributed by atoms with van der Waals surface area (Å²) >= 11 is 0. The summed E-state index contributed by atoms with van der Waals surface area (Å²) < 4.78 is 56.8. The fourth-order valence-electron chi connectivity index (χ4n) is 4.46. The number of ether oxygens (including phenoxy) is 4. The van der Waals surface area contributed by atoms with Crippen molar-refractivity contribution >= 4 is 31.2 Å². The quantitative estimate of drug-likeness (QED) is 0.259. The molecule has 41 heavy (non-hydrogen) atoms. The summed E-state index contributed by atoms with van der Waals surface area (Å²) in [7, 11) is -4.33. The Morgan fingerprint density at radius 2 is 2.07 bits per heavy atom. The number of esters is 1. The molecule has 15 nitrogen and oxygen atoms in total. The number of aromatic nitrogens is 3. The zero-order valence-corrected chi connectivity index (χ0v) is 23.0. The average molecular weight is 588 g/mol. The highest BCUT2D eigenvalue weighted by atomic mass is 31.2. The van der Waals surface area contributed by atoms with E-state index in [1.165, 1.54) is 29.6 Å². The van der Waals surface area contributed by atoms with Crippen LogP contribution < -0.4 is 15.3 Å². The zero-order chi connectivity index (χ0) is 30.2. The third kappa shape index (κ3) is 5.42. The Balaban J connectivity index is 1.45. The number of fused-ring (bicyclic) bond motifs is 2. The summed E-state index contributed by atoms with van der Waals surface area (Å²) in [5, 5.41) is 17.0. The second-order valence-electron chi connectivity index (χ2n) is 9.49. The van der Waals surface area contributed by atoms with Crippen molar-refractivity contribution in [3.05, 3.63) is 54.5 Å². The van der Waals surface area contributed by atoms with Gasteiger partial charge in [-0.2, -0.15) is 15.4 Å². The van der Waals surface area contributed by atoms with Crippen LogP contribution in [-0.4, -0.2) is 63.8 Å². The molecule has 2 aliphatic heterocycles. The fourth-order valence-corrected chi connectivity index (χ4v) is 5.97. The van der Waals surface area contributed by atoms with Crippen LogP contribution in [0.4, 0.5) is 10.6 Å². The van der Waals surface area contributed by atoms with Crippen LogP contribution >= 0.6 is 7.75 Å². The third-order valence-corrected chi connectivity index (χ3v) is 7.88. The molecule has 0 amide bonds. The van der Waals surface area contributed by atoms with Gasteiger partial charge in [0.2, 0.25) is 5.60 Å². The summed E-state index contributed by atoms with van der Waals surface area (Å²) in [6.07, 6.45) is -4.08. The first-order valence-electron chi connectivity index (χ1n) is 13.0. The lowest BCUT2D eigenvalue weighted by molar-refractivity contribution is -0.149. The number of carbonyl (C=O) groups excluding carboxylic acids is 2. The second kappa shape index (κ2) is 11.0. The van der Waals surface area contributed by atoms with Crippen LogP contribution in [0, 0.1) is 11.3 Å². The van der Waals surface area contributed by atoms with Gasteiger partial charge in [0.25, 0.3) is 0 Å². The van der Waals surface area contributed by atoms with Crippen molar-refractivity contribution in [1.82, 2.24) is 19.7 Å². The molecule has 0 unspecified atom stereocenters. The number of hydrogen-bond acceptors (Lipinski definition) is 13. The molecule has 3 aromatic rings. The molecular formula is C25H27N6O9P. The number of carbonyl (C=O) groups is 2. The maximum Gasteiger partial charge on any atom is 0.509 e. The lowest BCUT2D eigenvalue weighted by Gasteiger charge is -2.26. The van der Waals surface area contributed by atoms with Crippen molar-refractivity contribution in [2.24, 2.45) is 0 Å². The standard InChI is InChI=1S/C25H27N6O9P/c1-14(2)36-23(32)15(3)30-41(34,40-16-7-5-4-6-8-16)35-11-18-20-21(38-24(33)37-20)25(12-26,39-18)19-10-9-17-22(27)28-13-29-31(17)19/h4-10,13-15,18,20-21H,11H2,1-3H3,(H,30,34)(H2,27,28,29)/t15-,18+,20+,21+,25-,41-/m0/s1/i9D. The van der Waals surface area contributed by atoms with Crippen LogP contribution in [0.1, 0.15) is 27.8 Å². The van der Waals surface area contributed by atoms with E-state index in [-0.39, 0.29) is 28.8 Å². The van der Waals surface area contributed by atoms with Gasteiger partial charge < -0.3 is 29.2 Å². The second-order valence-corrected chi connectivity index (χ2v) is 11.2. The van der Waals surface area contributed by atoms with Crippen molar-refractivity contribution in [1.29, 1.82) is 5.26 Å². The molecule has 4 heterocycles. The summed E-state index contributed by atoms with van der Waals surface area (Å²) in [6, 6.07) is 10.2. The number of nitrogen functional groups attached to an aromatic ring is 1. The van der Waals surface area contributed by atoms with Crippen molar-refractivity contribution in [3.63, 3.8) is 0 Å². The smallest absolute Gasteiger partial charge is 0.462 e. The van der Waals surface area contributed by atoms with Crippen LogP contribution in [0.2, 0.25) is 0 Å². The molecule has 216 valence electrons. The molecule has 5 rings (SSSR count). The van der Waals surface area contributed by atoms with Crippen LogP contribution in [0.15, 0.2) is 48.8 Å². The minimum Gasteiger partial charge on any atom is -0.462 e. The number of rotatable bonds is 10. The van der Waals surface area contributed by atoms with Crippen LogP contribution in [-0.2, 0) is 38.4 Å². The van der Waals surface area contributed by atoms with E-state index in [1.807, 2.05) is 6.07 Å². The predicted octanol–water partition coefficient (Wildman–Crippen LogP) is 2.47. The molecular weight excluding hydrogens is 559 g/mol. The summed E-state index contributed by atoms with van der Waals surface area (Å²) in [5.41, 5.74) is 4.04. The monoisotopic (exact) mass is 587 g/mol. The number of nitrogens with two attached hydrogens (primary N) is 1. The predicted molar refractivity (Wildman–Crippen MR) is 139 cm³/mol. The largest absolute Gasteiger partial charge is 0.509 e. The van der Waals surface area contributed by atoms with Gasteiger partial charge in [-0.3, -0.25) is 9.32 Å². The van der Waals surface area contributed by atoms with Crippen molar-refractivity contribution < 1.29 is 43.5 Å². The van der Waals surface area contributed by atoms with E-state index in [1.54, 1.807) is 32.0 Å². The van der Waals surface area contributed by atoms with Gasteiger partial charge in [-0.1, -0.05) is 18.2 Å². The van der Waals surface area contributed by atoms with Crippen molar-refractivity contribution in [2.45, 2.75) is 56.8 Å². The lowest BCUT2D eigenvalue weighted by Crippen LogP contribution is -2.39. The highest BCUT2D eigenvalue weighted by molar-refractivity contribution is 7.52. The maximum absolute atomic E-state index is 13.9. The molecule has 2 aliphatic rings. The molecule has 2 saturated heterocycles. The Labute approximate surface area is 235 Å². The number of nitrogens with one attached hydrogen (secondary N) is 1. The first kappa shape index (κ1) is 27.0. The number of anilines is 1. The third-order valence-electron chi connectivity index (χ3n) is 6.23. The maximum atomic E-state index is 13.9. The van der Waals surface area contributed by atoms with Gasteiger partial charge in [-0.05, 0) is 45.0 Å². The number of nitrogens with zero attached hydrogens (tertiary/aromatic N) is 4. The van der Waals surface area contributed by atoms with Crippen molar-refractivity contribution in [2.75, 3.05) is 12.3 Å². The number of para-hydroxylation sites is 1. The molecule has 2 aromatic heterocycles. The highest BCUT2D eigenvalue weighted by Crippen LogP contribution is 2.49. The van der Waals surface area contributed by atoms with Gasteiger partial charge in [0.15, 0.2) is 18.0 Å². The summed E-state index contributed by atoms with van der Waals surface area (Å²) in [4.78, 5) is 28.6. The molecule has 0 radical (unpaired) electrons. The van der Waals surface area contributed by atoms with E-state index >= 15 is 0 Å². The normalized spacial score (nSPS) is 25.9. The SMILES string of the molecule is [2H]c1cc([C@]2(C#N)O[C@H](CO[P@@](=O)(N[C@@H](C)C(=O)OC(C)C)Oc3ccccc3)[C@H]3OC(=O)O[C@H]32)n2ncnc(N)c12. The van der Waals surface area contributed by atoms with Crippen LogP contribution in [0.5, 0.6) is 5.75 Å². The van der Waals surface area contributed by atoms with E-state index in [0.29, 0.717) is 0 Å². The first-order valence-corrected chi connectivity index (χ1v) is 14.0. The van der Waals surface area contributed by atoms with Crippen LogP contribution in [0.25, 0.3) is 5.52 Å². The summed E-state index contributed by atoms with van der Waals surface area (Å²) in [6.45, 7) is 4.21. The van der Waals surface area contributed by atoms with E-state index < -0.39 is 62.5 Å². The molecule has 0 aliphatic carbocycles. The average Bonchev–Trinajstić information content (AvgIpc) is 3.58. The van der Waals surface area contributed by atoms with Gasteiger partial charge in [0, 0.05) is 0 Å². The minimum absolute atomic E-state index is 0.0152. The highest BCUT2D eigenvalue weighted by Gasteiger charge is 2.65. The molecule has 2 fully saturated rings. The van der Waals surface area contributed by atoms with Gasteiger partial charge in [-0.15, -0.1) is 0 Å². The Hall–Kier alpha value is -4.22. The topological polar surface area (TPSA) is 199 Å². The molecule has 6 atom stereocenters. The Kier molecular flexibility index (Phi) is 7.22. The molecule has 3 N–H and O–H groups in total. The Morgan fingerprint density at radius 3 is 2.78 bits per heavy atom. The van der Waals surface area contributed by atoms with Gasteiger partial charge >= 0.3 is 19.9 Å². The Morgan fingerprint density at radius 1 is 1.32 bits per heavy atom. The van der Waals surface area contributed by atoms with Crippen LogP contribution in [0.3, 0.4) is 0 Å². The van der Waals surface area contributed by atoms with Gasteiger partial charge in [-0.25, -0.2) is 18.9 Å². The Bertz CT molecular complexity index is 1600. The lowest BCUT2D eigenvalue weighted by atomic mass is 9.92. The van der Waals surface area contributed by atoms with E-state index in [9.17, 15) is 19.4 Å². The number of benzene rings is 1.